The number of hydrogen-bond donors (Lipinski definition) is 3. The van der Waals surface area contributed by atoms with E-state index in [1.807, 2.05) is 25.1 Å². The van der Waals surface area contributed by atoms with Gasteiger partial charge in [-0.15, -0.1) is 0 Å². The van der Waals surface area contributed by atoms with E-state index in [-0.39, 0.29) is 11.0 Å². The molecule has 2 aliphatic heterocycles. The van der Waals surface area contributed by atoms with Gasteiger partial charge in [-0.05, 0) is 36.8 Å². The third kappa shape index (κ3) is 4.32. The lowest BCUT2D eigenvalue weighted by Crippen LogP contribution is -3.20. The molecule has 0 aromatic heterocycles. The van der Waals surface area contributed by atoms with Crippen molar-refractivity contribution in [1.82, 2.24) is 5.32 Å². The quantitative estimate of drug-likeness (QED) is 0.313. The SMILES string of the molecule is Cc1cccc(N2C(=O)[C@@H](C=NCC[NH+]3CC[NH2+]CC3)C(=O)NC2=S)c1. The molecule has 0 saturated carbocycles. The molecule has 2 amide bonds. The Morgan fingerprint density at radius 1 is 1.38 bits per heavy atom. The number of rotatable bonds is 5. The van der Waals surface area contributed by atoms with Crippen LogP contribution in [-0.2, 0) is 9.59 Å². The Morgan fingerprint density at radius 3 is 2.88 bits per heavy atom. The molecule has 7 nitrogen and oxygen atoms in total. The van der Waals surface area contributed by atoms with Gasteiger partial charge in [-0.25, -0.2) is 0 Å². The van der Waals surface area contributed by atoms with E-state index < -0.39 is 11.8 Å². The number of aryl methyl sites for hydroxylation is 1. The van der Waals surface area contributed by atoms with Gasteiger partial charge in [0.05, 0.1) is 18.8 Å². The van der Waals surface area contributed by atoms with Crippen molar-refractivity contribution in [2.75, 3.05) is 44.2 Å². The molecular formula is C18H25N5O2S+2. The van der Waals surface area contributed by atoms with Gasteiger partial charge in [-0.1, -0.05) is 12.1 Å². The molecule has 138 valence electrons. The van der Waals surface area contributed by atoms with Gasteiger partial charge in [0.15, 0.2) is 11.0 Å². The Kier molecular flexibility index (Phi) is 6.08. The monoisotopic (exact) mass is 375 g/mol. The number of nitrogens with two attached hydrogens (primary N) is 1. The first-order valence-electron chi connectivity index (χ1n) is 8.97. The van der Waals surface area contributed by atoms with Crippen molar-refractivity contribution >= 4 is 41.0 Å². The number of nitrogens with zero attached hydrogens (tertiary/aromatic N) is 2. The summed E-state index contributed by atoms with van der Waals surface area (Å²) in [5.74, 6) is -1.70. The van der Waals surface area contributed by atoms with Crippen LogP contribution in [0.5, 0.6) is 0 Å². The summed E-state index contributed by atoms with van der Waals surface area (Å²) in [6.07, 6.45) is 1.47. The molecule has 1 aromatic rings. The zero-order valence-electron chi connectivity index (χ0n) is 14.9. The highest BCUT2D eigenvalue weighted by Crippen LogP contribution is 2.21. The van der Waals surface area contributed by atoms with E-state index in [2.05, 4.69) is 15.6 Å². The number of thiocarbonyl (C=S) groups is 1. The number of quaternary nitrogens is 2. The van der Waals surface area contributed by atoms with E-state index in [0.717, 1.165) is 38.3 Å². The number of nitrogens with one attached hydrogen (secondary N) is 2. The number of aliphatic imine (C=N–C) groups is 1. The molecule has 3 rings (SSSR count). The molecule has 26 heavy (non-hydrogen) atoms. The summed E-state index contributed by atoms with van der Waals surface area (Å²) < 4.78 is 0. The molecule has 0 unspecified atom stereocenters. The Labute approximate surface area is 158 Å². The summed E-state index contributed by atoms with van der Waals surface area (Å²) in [6, 6.07) is 7.48. The standard InChI is InChI=1S/C18H23N5O2S/c1-13-3-2-4-14(11-13)23-17(25)15(16(24)21-18(23)26)12-20-7-10-22-8-5-19-6-9-22/h2-4,11-12,15,19H,5-10H2,1H3,(H,21,24,26)/p+2/t15-/m0/s1. The predicted molar refractivity (Wildman–Crippen MR) is 103 cm³/mol. The van der Waals surface area contributed by atoms with Crippen LogP contribution in [0.2, 0.25) is 0 Å². The van der Waals surface area contributed by atoms with E-state index in [1.54, 1.807) is 6.07 Å². The normalized spacial score (nSPS) is 22.1. The summed E-state index contributed by atoms with van der Waals surface area (Å²) in [6.45, 7) is 8.03. The highest BCUT2D eigenvalue weighted by atomic mass is 32.1. The molecule has 0 spiro atoms. The van der Waals surface area contributed by atoms with Crippen LogP contribution in [-0.4, -0.2) is 62.4 Å². The highest BCUT2D eigenvalue weighted by Gasteiger charge is 2.38. The average molecular weight is 375 g/mol. The lowest BCUT2D eigenvalue weighted by Gasteiger charge is -2.31. The van der Waals surface area contributed by atoms with E-state index in [0.29, 0.717) is 12.2 Å². The number of anilines is 1. The van der Waals surface area contributed by atoms with Crippen LogP contribution >= 0.6 is 12.2 Å². The minimum atomic E-state index is -0.938. The molecule has 1 aromatic carbocycles. The van der Waals surface area contributed by atoms with Crippen molar-refractivity contribution in [1.29, 1.82) is 0 Å². The third-order valence-corrected chi connectivity index (χ3v) is 5.00. The van der Waals surface area contributed by atoms with Crippen LogP contribution in [0.1, 0.15) is 5.56 Å². The van der Waals surface area contributed by atoms with Crippen LogP contribution in [0.3, 0.4) is 0 Å². The van der Waals surface area contributed by atoms with E-state index in [1.165, 1.54) is 16.0 Å². The number of amides is 2. The number of carbonyl (C=O) groups excluding carboxylic acids is 2. The van der Waals surface area contributed by atoms with Crippen LogP contribution in [0.15, 0.2) is 29.3 Å². The van der Waals surface area contributed by atoms with Crippen molar-refractivity contribution in [3.05, 3.63) is 29.8 Å². The summed E-state index contributed by atoms with van der Waals surface area (Å²) >= 11 is 5.20. The third-order valence-electron chi connectivity index (χ3n) is 4.71. The largest absolute Gasteiger partial charge is 0.337 e. The van der Waals surface area contributed by atoms with Crippen molar-refractivity contribution in [2.45, 2.75) is 6.92 Å². The van der Waals surface area contributed by atoms with E-state index in [9.17, 15) is 9.59 Å². The maximum absolute atomic E-state index is 12.8. The predicted octanol–water partition coefficient (Wildman–Crippen LogP) is -2.11. The molecule has 2 heterocycles. The average Bonchev–Trinajstić information content (AvgIpc) is 2.61. The molecule has 1 atom stereocenters. The molecule has 0 radical (unpaired) electrons. The number of hydrogen-bond acceptors (Lipinski definition) is 4. The zero-order chi connectivity index (χ0) is 18.5. The van der Waals surface area contributed by atoms with Crippen LogP contribution < -0.4 is 20.4 Å². The summed E-state index contributed by atoms with van der Waals surface area (Å²) in [4.78, 5) is 32.3. The van der Waals surface area contributed by atoms with Crippen molar-refractivity contribution in [3.63, 3.8) is 0 Å². The first-order chi connectivity index (χ1) is 12.6. The van der Waals surface area contributed by atoms with Gasteiger partial charge in [-0.2, -0.15) is 0 Å². The van der Waals surface area contributed by atoms with Gasteiger partial charge >= 0.3 is 0 Å². The van der Waals surface area contributed by atoms with Crippen molar-refractivity contribution in [2.24, 2.45) is 10.9 Å². The van der Waals surface area contributed by atoms with Crippen LogP contribution in [0.4, 0.5) is 5.69 Å². The van der Waals surface area contributed by atoms with Gasteiger partial charge in [0, 0.05) is 6.21 Å². The molecule has 2 saturated heterocycles. The fourth-order valence-corrected chi connectivity index (χ4v) is 3.56. The second-order valence-corrected chi connectivity index (χ2v) is 7.09. The summed E-state index contributed by atoms with van der Waals surface area (Å²) in [5, 5.41) is 5.05. The topological polar surface area (TPSA) is 82.8 Å². The van der Waals surface area contributed by atoms with Gasteiger partial charge in [0.25, 0.3) is 5.91 Å². The van der Waals surface area contributed by atoms with Gasteiger partial charge < -0.3 is 15.5 Å². The van der Waals surface area contributed by atoms with E-state index >= 15 is 0 Å². The molecule has 4 N–H and O–H groups in total. The first kappa shape index (κ1) is 18.6. The number of carbonyl (C=O) groups is 2. The molecular weight excluding hydrogens is 350 g/mol. The smallest absolute Gasteiger partial charge is 0.251 e. The first-order valence-corrected chi connectivity index (χ1v) is 9.38. The lowest BCUT2D eigenvalue weighted by molar-refractivity contribution is -0.945. The van der Waals surface area contributed by atoms with Gasteiger partial charge in [-0.3, -0.25) is 19.5 Å². The van der Waals surface area contributed by atoms with Gasteiger partial charge in [0.2, 0.25) is 5.91 Å². The number of piperazine rings is 1. The van der Waals surface area contributed by atoms with E-state index in [4.69, 9.17) is 12.2 Å². The summed E-state index contributed by atoms with van der Waals surface area (Å²) in [5.41, 5.74) is 1.68. The van der Waals surface area contributed by atoms with Crippen LogP contribution in [0, 0.1) is 12.8 Å². The maximum atomic E-state index is 12.8. The van der Waals surface area contributed by atoms with Crippen molar-refractivity contribution in [3.8, 4) is 0 Å². The lowest BCUT2D eigenvalue weighted by atomic mass is 10.1. The molecule has 0 bridgehead atoms. The fourth-order valence-electron chi connectivity index (χ4n) is 3.27. The molecule has 2 fully saturated rings. The second-order valence-electron chi connectivity index (χ2n) is 6.71. The highest BCUT2D eigenvalue weighted by molar-refractivity contribution is 7.80. The fraction of sp³-hybridized carbons (Fsp3) is 0.444. The Bertz CT molecular complexity index is 730. The molecule has 8 heteroatoms. The summed E-state index contributed by atoms with van der Waals surface area (Å²) in [7, 11) is 0. The Hall–Kier alpha value is -2.16. The van der Waals surface area contributed by atoms with Gasteiger partial charge in [0.1, 0.15) is 26.2 Å². The minimum absolute atomic E-state index is 0.115. The Balaban J connectivity index is 1.66. The number of benzene rings is 1. The van der Waals surface area contributed by atoms with Crippen LogP contribution in [0.25, 0.3) is 0 Å². The minimum Gasteiger partial charge on any atom is -0.337 e. The maximum Gasteiger partial charge on any atom is 0.251 e. The van der Waals surface area contributed by atoms with Crippen molar-refractivity contribution < 1.29 is 19.8 Å². The molecule has 0 aliphatic carbocycles. The Morgan fingerprint density at radius 2 is 2.15 bits per heavy atom. The zero-order valence-corrected chi connectivity index (χ0v) is 15.7. The second kappa shape index (κ2) is 8.48. The molecule has 2 aliphatic rings.